The van der Waals surface area contributed by atoms with E-state index in [0.29, 0.717) is 23.9 Å². The summed E-state index contributed by atoms with van der Waals surface area (Å²) in [5, 5.41) is 11.8. The number of ether oxygens (including phenoxy) is 1. The highest BCUT2D eigenvalue weighted by atomic mass is 16.5. The monoisotopic (exact) mass is 307 g/mol. The van der Waals surface area contributed by atoms with Crippen LogP contribution in [0.25, 0.3) is 0 Å². The number of nitrogens with zero attached hydrogens (tertiary/aromatic N) is 4. The number of carbonyl (C=O) groups is 1. The first-order valence-corrected chi connectivity index (χ1v) is 7.53. The molecule has 1 aromatic heterocycles. The van der Waals surface area contributed by atoms with Crippen molar-refractivity contribution >= 4 is 17.5 Å². The van der Waals surface area contributed by atoms with Crippen LogP contribution in [0.1, 0.15) is 12.7 Å². The third-order valence-corrected chi connectivity index (χ3v) is 3.95. The number of anilines is 2. The molecule has 0 aromatic carbocycles. The van der Waals surface area contributed by atoms with Gasteiger partial charge in [-0.15, -0.1) is 0 Å². The van der Waals surface area contributed by atoms with Crippen LogP contribution >= 0.6 is 0 Å². The second-order valence-corrected chi connectivity index (χ2v) is 5.57. The molecule has 0 radical (unpaired) electrons. The molecular formula is C14H21N5O3. The number of hydrogen-bond donors (Lipinski definition) is 2. The second-order valence-electron chi connectivity index (χ2n) is 5.57. The summed E-state index contributed by atoms with van der Waals surface area (Å²) in [6, 6.07) is 0. The van der Waals surface area contributed by atoms with Crippen LogP contribution in [0.15, 0.2) is 0 Å². The van der Waals surface area contributed by atoms with Gasteiger partial charge in [-0.05, 0) is 13.8 Å². The van der Waals surface area contributed by atoms with Crippen LogP contribution in [0.4, 0.5) is 11.6 Å². The number of aryl methyl sites for hydroxylation is 1. The first kappa shape index (κ1) is 15.0. The molecule has 1 atom stereocenters. The molecule has 8 heteroatoms. The van der Waals surface area contributed by atoms with Crippen molar-refractivity contribution in [1.29, 1.82) is 0 Å². The average Bonchev–Trinajstić information content (AvgIpc) is 2.49. The summed E-state index contributed by atoms with van der Waals surface area (Å²) >= 11 is 0. The van der Waals surface area contributed by atoms with Gasteiger partial charge in [0.1, 0.15) is 5.82 Å². The number of piperazine rings is 1. The standard InChI is InChI=1S/C14H21N5O3/c1-9-14(21)17-12-11(22-9)13(16-10(2)15-12)19-5-3-18(4-6-19)7-8-20/h9,20H,3-8H2,1-2H3,(H,15,16,17,21). The summed E-state index contributed by atoms with van der Waals surface area (Å²) in [6.45, 7) is 7.70. The number of aliphatic hydroxyl groups excluding tert-OH is 1. The van der Waals surface area contributed by atoms with Gasteiger partial charge < -0.3 is 20.1 Å². The SMILES string of the molecule is Cc1nc2c(c(N3CCN(CCO)CC3)n1)OC(C)C(=O)N2. The van der Waals surface area contributed by atoms with Crippen LogP contribution in [0, 0.1) is 6.92 Å². The molecule has 22 heavy (non-hydrogen) atoms. The molecule has 1 saturated heterocycles. The van der Waals surface area contributed by atoms with Crippen molar-refractivity contribution in [2.45, 2.75) is 20.0 Å². The zero-order valence-corrected chi connectivity index (χ0v) is 12.9. The third-order valence-electron chi connectivity index (χ3n) is 3.95. The van der Waals surface area contributed by atoms with Crippen LogP contribution < -0.4 is 15.0 Å². The van der Waals surface area contributed by atoms with Gasteiger partial charge in [0.2, 0.25) is 5.75 Å². The average molecular weight is 307 g/mol. The van der Waals surface area contributed by atoms with Gasteiger partial charge >= 0.3 is 0 Å². The van der Waals surface area contributed by atoms with Gasteiger partial charge in [-0.2, -0.15) is 0 Å². The largest absolute Gasteiger partial charge is 0.473 e. The van der Waals surface area contributed by atoms with Crippen molar-refractivity contribution in [3.8, 4) is 5.75 Å². The maximum atomic E-state index is 11.7. The summed E-state index contributed by atoms with van der Waals surface area (Å²) in [6.07, 6.45) is -0.548. The molecule has 120 valence electrons. The first-order valence-electron chi connectivity index (χ1n) is 7.53. The molecule has 1 aromatic rings. The highest BCUT2D eigenvalue weighted by Gasteiger charge is 2.31. The Morgan fingerprint density at radius 2 is 2.05 bits per heavy atom. The van der Waals surface area contributed by atoms with E-state index in [1.54, 1.807) is 13.8 Å². The van der Waals surface area contributed by atoms with Gasteiger partial charge in [0.15, 0.2) is 17.7 Å². The van der Waals surface area contributed by atoms with Crippen LogP contribution in [0.3, 0.4) is 0 Å². The van der Waals surface area contributed by atoms with Crippen LogP contribution in [-0.4, -0.2) is 71.3 Å². The van der Waals surface area contributed by atoms with E-state index in [1.807, 2.05) is 0 Å². The number of β-amino-alcohol motifs (C(OH)–C–C–N with tert-alkyl or cyclic N) is 1. The van der Waals surface area contributed by atoms with Gasteiger partial charge in [0, 0.05) is 32.7 Å². The van der Waals surface area contributed by atoms with Crippen molar-refractivity contribution in [1.82, 2.24) is 14.9 Å². The van der Waals surface area contributed by atoms with Gasteiger partial charge in [0.25, 0.3) is 5.91 Å². The maximum Gasteiger partial charge on any atom is 0.266 e. The molecule has 0 bridgehead atoms. The third kappa shape index (κ3) is 2.84. The fourth-order valence-corrected chi connectivity index (χ4v) is 2.73. The Kier molecular flexibility index (Phi) is 4.12. The number of fused-ring (bicyclic) bond motifs is 1. The molecule has 1 unspecified atom stereocenters. The van der Waals surface area contributed by atoms with E-state index < -0.39 is 6.10 Å². The number of nitrogens with one attached hydrogen (secondary N) is 1. The molecule has 0 spiro atoms. The minimum Gasteiger partial charge on any atom is -0.473 e. The number of hydrogen-bond acceptors (Lipinski definition) is 7. The molecule has 1 fully saturated rings. The lowest BCUT2D eigenvalue weighted by Crippen LogP contribution is -2.48. The molecule has 3 heterocycles. The number of carbonyl (C=O) groups excluding carboxylic acids is 1. The highest BCUT2D eigenvalue weighted by molar-refractivity contribution is 5.97. The second kappa shape index (κ2) is 6.05. The van der Waals surface area contributed by atoms with Gasteiger partial charge in [-0.3, -0.25) is 9.69 Å². The molecule has 2 aliphatic heterocycles. The van der Waals surface area contributed by atoms with Crippen molar-refractivity contribution in [3.63, 3.8) is 0 Å². The smallest absolute Gasteiger partial charge is 0.266 e. The quantitative estimate of drug-likeness (QED) is 0.786. The van der Waals surface area contributed by atoms with Gasteiger partial charge in [0.05, 0.1) is 6.61 Å². The lowest BCUT2D eigenvalue weighted by molar-refractivity contribution is -0.122. The topological polar surface area (TPSA) is 90.8 Å². The van der Waals surface area contributed by atoms with Crippen LogP contribution in [0.2, 0.25) is 0 Å². The Hall–Kier alpha value is -1.93. The van der Waals surface area contributed by atoms with E-state index in [9.17, 15) is 4.79 Å². The summed E-state index contributed by atoms with van der Waals surface area (Å²) in [5.41, 5.74) is 0. The van der Waals surface area contributed by atoms with E-state index in [4.69, 9.17) is 9.84 Å². The van der Waals surface area contributed by atoms with E-state index in [2.05, 4.69) is 25.1 Å². The Bertz CT molecular complexity index is 572. The summed E-state index contributed by atoms with van der Waals surface area (Å²) in [7, 11) is 0. The Morgan fingerprint density at radius 3 is 2.73 bits per heavy atom. The Labute approximate surface area is 129 Å². The minimum absolute atomic E-state index is 0.175. The van der Waals surface area contributed by atoms with Crippen LogP contribution in [-0.2, 0) is 4.79 Å². The van der Waals surface area contributed by atoms with E-state index in [1.165, 1.54) is 0 Å². The van der Waals surface area contributed by atoms with Gasteiger partial charge in [-0.25, -0.2) is 9.97 Å². The number of rotatable bonds is 3. The zero-order valence-electron chi connectivity index (χ0n) is 12.9. The van der Waals surface area contributed by atoms with E-state index >= 15 is 0 Å². The molecule has 2 aliphatic rings. The Morgan fingerprint density at radius 1 is 1.32 bits per heavy atom. The predicted octanol–water partition coefficient (Wildman–Crippen LogP) is -0.381. The van der Waals surface area contributed by atoms with Crippen molar-refractivity contribution in [2.24, 2.45) is 0 Å². The molecule has 3 rings (SSSR count). The normalized spacial score (nSPS) is 22.0. The molecule has 8 nitrogen and oxygen atoms in total. The maximum absolute atomic E-state index is 11.7. The zero-order chi connectivity index (χ0) is 15.7. The number of amides is 1. The fraction of sp³-hybridized carbons (Fsp3) is 0.643. The molecule has 2 N–H and O–H groups in total. The highest BCUT2D eigenvalue weighted by Crippen LogP contribution is 2.36. The fourth-order valence-electron chi connectivity index (χ4n) is 2.73. The molecule has 1 amide bonds. The molecular weight excluding hydrogens is 286 g/mol. The van der Waals surface area contributed by atoms with Crippen molar-refractivity contribution < 1.29 is 14.6 Å². The van der Waals surface area contributed by atoms with Crippen molar-refractivity contribution in [2.75, 3.05) is 49.5 Å². The minimum atomic E-state index is -0.548. The predicted molar refractivity (Wildman–Crippen MR) is 81.2 cm³/mol. The number of aromatic nitrogens is 2. The first-order chi connectivity index (χ1) is 10.6. The lowest BCUT2D eigenvalue weighted by atomic mass is 10.2. The molecule has 0 aliphatic carbocycles. The number of aliphatic hydroxyl groups is 1. The summed E-state index contributed by atoms with van der Waals surface area (Å²) < 4.78 is 5.73. The lowest BCUT2D eigenvalue weighted by Gasteiger charge is -2.36. The summed E-state index contributed by atoms with van der Waals surface area (Å²) in [5.74, 6) is 2.14. The molecule has 0 saturated carbocycles. The van der Waals surface area contributed by atoms with Gasteiger partial charge in [-0.1, -0.05) is 0 Å². The Balaban J connectivity index is 1.84. The van der Waals surface area contributed by atoms with Crippen molar-refractivity contribution in [3.05, 3.63) is 5.82 Å². The van der Waals surface area contributed by atoms with Crippen LogP contribution in [0.5, 0.6) is 5.75 Å². The van der Waals surface area contributed by atoms with E-state index in [-0.39, 0.29) is 12.5 Å². The summed E-state index contributed by atoms with van der Waals surface area (Å²) in [4.78, 5) is 24.9. The van der Waals surface area contributed by atoms with E-state index in [0.717, 1.165) is 32.0 Å².